The zero-order chi connectivity index (χ0) is 14.5. The quantitative estimate of drug-likeness (QED) is 0.918. The second kappa shape index (κ2) is 6.53. The van der Waals surface area contributed by atoms with E-state index in [9.17, 15) is 4.79 Å². The third kappa shape index (κ3) is 3.17. The fourth-order valence-corrected chi connectivity index (χ4v) is 2.24. The van der Waals surface area contributed by atoms with Crippen molar-refractivity contribution >= 4 is 34.0 Å². The van der Waals surface area contributed by atoms with E-state index >= 15 is 0 Å². The number of methoxy groups -OCH3 is 1. The Morgan fingerprint density at radius 1 is 1.50 bits per heavy atom. The van der Waals surface area contributed by atoms with Crippen molar-refractivity contribution < 1.29 is 14.3 Å². The molecule has 1 aromatic carbocycles. The summed E-state index contributed by atoms with van der Waals surface area (Å²) in [5, 5.41) is 10.7. The maximum absolute atomic E-state index is 12.1. The van der Waals surface area contributed by atoms with Crippen molar-refractivity contribution in [1.82, 2.24) is 10.2 Å². The Morgan fingerprint density at radius 2 is 2.30 bits per heavy atom. The van der Waals surface area contributed by atoms with Gasteiger partial charge in [-0.1, -0.05) is 22.9 Å². The largest absolute Gasteiger partial charge is 0.493 e. The van der Waals surface area contributed by atoms with Crippen molar-refractivity contribution in [2.24, 2.45) is 0 Å². The Bertz CT molecular complexity index is 604. The van der Waals surface area contributed by atoms with Crippen molar-refractivity contribution in [3.05, 3.63) is 28.2 Å². The first-order valence-electron chi connectivity index (χ1n) is 5.73. The van der Waals surface area contributed by atoms with E-state index in [1.807, 2.05) is 6.92 Å². The Hall–Kier alpha value is -1.86. The topological polar surface area (TPSA) is 73.3 Å². The maximum atomic E-state index is 12.1. The number of nitrogens with one attached hydrogen (secondary N) is 1. The highest BCUT2D eigenvalue weighted by Crippen LogP contribution is 2.36. The second-order valence-electron chi connectivity index (χ2n) is 3.62. The molecular weight excluding hydrogens is 302 g/mol. The van der Waals surface area contributed by atoms with Gasteiger partial charge in [0.25, 0.3) is 5.91 Å². The van der Waals surface area contributed by atoms with E-state index in [1.54, 1.807) is 6.07 Å². The van der Waals surface area contributed by atoms with E-state index in [0.29, 0.717) is 33.8 Å². The number of amides is 1. The molecule has 0 atom stereocenters. The molecule has 2 rings (SSSR count). The number of carbonyl (C=O) groups is 1. The molecule has 0 aliphatic carbocycles. The molecule has 2 aromatic rings. The van der Waals surface area contributed by atoms with Crippen LogP contribution >= 0.6 is 22.9 Å². The summed E-state index contributed by atoms with van der Waals surface area (Å²) in [7, 11) is 1.49. The Morgan fingerprint density at radius 3 is 2.90 bits per heavy atom. The molecule has 0 fully saturated rings. The van der Waals surface area contributed by atoms with Crippen molar-refractivity contribution in [3.8, 4) is 11.5 Å². The molecule has 0 saturated carbocycles. The number of aromatic nitrogens is 2. The predicted molar refractivity (Wildman–Crippen MR) is 77.0 cm³/mol. The van der Waals surface area contributed by atoms with Gasteiger partial charge in [0.15, 0.2) is 11.5 Å². The van der Waals surface area contributed by atoms with Gasteiger partial charge >= 0.3 is 0 Å². The molecule has 106 valence electrons. The number of hydrogen-bond acceptors (Lipinski definition) is 6. The van der Waals surface area contributed by atoms with Gasteiger partial charge in [0.1, 0.15) is 5.51 Å². The van der Waals surface area contributed by atoms with Crippen LogP contribution in [-0.4, -0.2) is 29.8 Å². The van der Waals surface area contributed by atoms with E-state index in [4.69, 9.17) is 21.1 Å². The van der Waals surface area contributed by atoms with Crippen LogP contribution in [0.4, 0.5) is 5.13 Å². The van der Waals surface area contributed by atoms with Gasteiger partial charge in [-0.15, -0.1) is 10.2 Å². The zero-order valence-corrected chi connectivity index (χ0v) is 12.4. The van der Waals surface area contributed by atoms with Crippen LogP contribution in [0.2, 0.25) is 5.02 Å². The first kappa shape index (κ1) is 14.5. The Labute approximate surface area is 124 Å². The molecule has 0 aliphatic rings. The maximum Gasteiger partial charge on any atom is 0.257 e. The number of rotatable bonds is 5. The molecule has 1 N–H and O–H groups in total. The van der Waals surface area contributed by atoms with E-state index in [-0.39, 0.29) is 5.91 Å². The molecule has 1 heterocycles. The molecule has 0 radical (unpaired) electrons. The van der Waals surface area contributed by atoms with Gasteiger partial charge in [0.05, 0.1) is 18.7 Å². The van der Waals surface area contributed by atoms with Crippen molar-refractivity contribution in [1.29, 1.82) is 0 Å². The SMILES string of the molecule is CCOc1c(Cl)cc(C(=O)Nc2nncs2)cc1OC. The molecule has 6 nitrogen and oxygen atoms in total. The molecular formula is C12H12ClN3O3S. The summed E-state index contributed by atoms with van der Waals surface area (Å²) in [6.07, 6.45) is 0. The first-order valence-corrected chi connectivity index (χ1v) is 6.99. The highest BCUT2D eigenvalue weighted by atomic mass is 35.5. The number of anilines is 1. The zero-order valence-electron chi connectivity index (χ0n) is 10.8. The molecule has 0 spiro atoms. The average molecular weight is 314 g/mol. The lowest BCUT2D eigenvalue weighted by molar-refractivity contribution is 0.102. The molecule has 0 saturated heterocycles. The minimum absolute atomic E-state index is 0.314. The molecule has 0 bridgehead atoms. The van der Waals surface area contributed by atoms with Crippen LogP contribution in [0.1, 0.15) is 17.3 Å². The lowest BCUT2D eigenvalue weighted by Crippen LogP contribution is -2.12. The van der Waals surface area contributed by atoms with Gasteiger partial charge in [0, 0.05) is 5.56 Å². The summed E-state index contributed by atoms with van der Waals surface area (Å²) in [5.41, 5.74) is 1.88. The van der Waals surface area contributed by atoms with Crippen molar-refractivity contribution in [3.63, 3.8) is 0 Å². The van der Waals surface area contributed by atoms with Gasteiger partial charge in [-0.25, -0.2) is 0 Å². The fraction of sp³-hybridized carbons (Fsp3) is 0.250. The monoisotopic (exact) mass is 313 g/mol. The van der Waals surface area contributed by atoms with E-state index < -0.39 is 0 Å². The number of ether oxygens (including phenoxy) is 2. The van der Waals surface area contributed by atoms with Gasteiger partial charge in [-0.05, 0) is 19.1 Å². The number of hydrogen-bond donors (Lipinski definition) is 1. The van der Waals surface area contributed by atoms with Crippen LogP contribution in [0.3, 0.4) is 0 Å². The standard InChI is InChI=1S/C12H12ClN3O3S/c1-3-19-10-8(13)4-7(5-9(10)18-2)11(17)15-12-16-14-6-20-12/h4-6H,3H2,1-2H3,(H,15,16,17). The minimum atomic E-state index is -0.343. The van der Waals surface area contributed by atoms with E-state index in [1.165, 1.54) is 30.0 Å². The van der Waals surface area contributed by atoms with Gasteiger partial charge < -0.3 is 9.47 Å². The third-order valence-electron chi connectivity index (χ3n) is 2.36. The number of benzene rings is 1. The second-order valence-corrected chi connectivity index (χ2v) is 4.86. The summed E-state index contributed by atoms with van der Waals surface area (Å²) in [5.74, 6) is 0.482. The highest BCUT2D eigenvalue weighted by Gasteiger charge is 2.16. The molecule has 0 unspecified atom stereocenters. The summed E-state index contributed by atoms with van der Waals surface area (Å²) < 4.78 is 10.6. The van der Waals surface area contributed by atoms with Crippen LogP contribution < -0.4 is 14.8 Å². The highest BCUT2D eigenvalue weighted by molar-refractivity contribution is 7.13. The molecule has 1 amide bonds. The number of nitrogens with zero attached hydrogens (tertiary/aromatic N) is 2. The Balaban J connectivity index is 2.28. The van der Waals surface area contributed by atoms with Gasteiger partial charge in [-0.3, -0.25) is 10.1 Å². The molecule has 0 aliphatic heterocycles. The van der Waals surface area contributed by atoms with E-state index in [2.05, 4.69) is 15.5 Å². The average Bonchev–Trinajstić information content (AvgIpc) is 2.93. The van der Waals surface area contributed by atoms with Crippen LogP contribution in [-0.2, 0) is 0 Å². The fourth-order valence-electron chi connectivity index (χ4n) is 1.53. The summed E-state index contributed by atoms with van der Waals surface area (Å²) >= 11 is 7.34. The lowest BCUT2D eigenvalue weighted by atomic mass is 10.2. The van der Waals surface area contributed by atoms with Gasteiger partial charge in [-0.2, -0.15) is 0 Å². The number of halogens is 1. The predicted octanol–water partition coefficient (Wildman–Crippen LogP) is 2.85. The van der Waals surface area contributed by atoms with Crippen molar-refractivity contribution in [2.45, 2.75) is 6.92 Å². The minimum Gasteiger partial charge on any atom is -0.493 e. The summed E-state index contributed by atoms with van der Waals surface area (Å²) in [6.45, 7) is 2.29. The van der Waals surface area contributed by atoms with Crippen LogP contribution in [0.25, 0.3) is 0 Å². The first-order chi connectivity index (χ1) is 9.65. The van der Waals surface area contributed by atoms with Crippen LogP contribution in [0, 0.1) is 0 Å². The normalized spacial score (nSPS) is 10.2. The Kier molecular flexibility index (Phi) is 4.75. The lowest BCUT2D eigenvalue weighted by Gasteiger charge is -2.12. The van der Waals surface area contributed by atoms with Crippen molar-refractivity contribution in [2.75, 3.05) is 19.0 Å². The molecule has 20 heavy (non-hydrogen) atoms. The summed E-state index contributed by atoms with van der Waals surface area (Å²) in [6, 6.07) is 3.08. The van der Waals surface area contributed by atoms with Crippen LogP contribution in [0.15, 0.2) is 17.6 Å². The molecule has 8 heteroatoms. The molecule has 1 aromatic heterocycles. The summed E-state index contributed by atoms with van der Waals surface area (Å²) in [4.78, 5) is 12.1. The van der Waals surface area contributed by atoms with Crippen LogP contribution in [0.5, 0.6) is 11.5 Å². The smallest absolute Gasteiger partial charge is 0.257 e. The number of carbonyl (C=O) groups excluding carboxylic acids is 1. The van der Waals surface area contributed by atoms with Gasteiger partial charge in [0.2, 0.25) is 5.13 Å². The third-order valence-corrected chi connectivity index (χ3v) is 3.25. The van der Waals surface area contributed by atoms with E-state index in [0.717, 1.165) is 0 Å².